The number of halogens is 3. The fourth-order valence-corrected chi connectivity index (χ4v) is 7.03. The molecule has 0 aliphatic carbocycles. The summed E-state index contributed by atoms with van der Waals surface area (Å²) in [5, 5.41) is 0. The largest absolute Gasteiger partial charge is 0.598 e. The number of imide groups is 1. The van der Waals surface area contributed by atoms with Crippen LogP contribution in [0.5, 0.6) is 0 Å². The number of hydrogen-bond donors (Lipinski definition) is 1. The maximum absolute atomic E-state index is 14.6. The van der Waals surface area contributed by atoms with E-state index in [1.54, 1.807) is 49.9 Å². The van der Waals surface area contributed by atoms with Gasteiger partial charge in [0, 0.05) is 29.5 Å². The van der Waals surface area contributed by atoms with E-state index < -0.39 is 51.4 Å². The first-order chi connectivity index (χ1) is 18.8. The maximum atomic E-state index is 14.6. The second-order valence-electron chi connectivity index (χ2n) is 11.8. The molecule has 5 rings (SSSR count). The molecule has 7 nitrogen and oxygen atoms in total. The molecule has 40 heavy (non-hydrogen) atoms. The SMILES string of the molecule is CC(C)(C)[S+]([O-])N[C@@H](Cc1cc(F)c(F)cc1F)C1CC2CCC(C1)N2C(=O)CN1C(=O)c2ccccc2C1=O. The first kappa shape index (κ1) is 28.6. The maximum Gasteiger partial charge on any atom is 0.262 e. The van der Waals surface area contributed by atoms with Crippen molar-refractivity contribution in [3.8, 4) is 0 Å². The topological polar surface area (TPSA) is 92.8 Å². The number of nitrogens with one attached hydrogen (secondary N) is 1. The fraction of sp³-hybridized carbons (Fsp3) is 0.483. The van der Waals surface area contributed by atoms with Crippen molar-refractivity contribution in [2.75, 3.05) is 6.54 Å². The lowest BCUT2D eigenvalue weighted by molar-refractivity contribution is -0.136. The smallest absolute Gasteiger partial charge is 0.262 e. The van der Waals surface area contributed by atoms with Crippen LogP contribution in [-0.4, -0.2) is 61.5 Å². The molecule has 3 unspecified atom stereocenters. The van der Waals surface area contributed by atoms with Crippen molar-refractivity contribution in [2.45, 2.75) is 75.7 Å². The van der Waals surface area contributed by atoms with E-state index in [1.807, 2.05) is 0 Å². The molecule has 2 fully saturated rings. The Kier molecular flexibility index (Phi) is 7.75. The van der Waals surface area contributed by atoms with Crippen LogP contribution in [0.25, 0.3) is 0 Å². The zero-order valence-electron chi connectivity index (χ0n) is 22.6. The molecule has 3 heterocycles. The van der Waals surface area contributed by atoms with E-state index >= 15 is 0 Å². The van der Waals surface area contributed by atoms with Crippen molar-refractivity contribution < 1.29 is 32.1 Å². The first-order valence-corrected chi connectivity index (χ1v) is 14.6. The number of rotatable bonds is 7. The molecule has 0 aromatic heterocycles. The highest BCUT2D eigenvalue weighted by molar-refractivity contribution is 7.90. The van der Waals surface area contributed by atoms with Gasteiger partial charge in [-0.3, -0.25) is 19.3 Å². The highest BCUT2D eigenvalue weighted by atomic mass is 32.2. The molecule has 3 aliphatic rings. The van der Waals surface area contributed by atoms with Crippen molar-refractivity contribution >= 4 is 29.1 Å². The lowest BCUT2D eigenvalue weighted by atomic mass is 9.82. The van der Waals surface area contributed by atoms with Gasteiger partial charge >= 0.3 is 0 Å². The van der Waals surface area contributed by atoms with Crippen LogP contribution in [0, 0.1) is 23.4 Å². The summed E-state index contributed by atoms with van der Waals surface area (Å²) in [7, 11) is 0. The Morgan fingerprint density at radius 1 is 1.00 bits per heavy atom. The quantitative estimate of drug-likeness (QED) is 0.305. The number of carbonyl (C=O) groups excluding carboxylic acids is 3. The van der Waals surface area contributed by atoms with Crippen LogP contribution in [0.15, 0.2) is 36.4 Å². The van der Waals surface area contributed by atoms with Crippen LogP contribution in [-0.2, 0) is 22.6 Å². The molecule has 0 radical (unpaired) electrons. The molecule has 0 spiro atoms. The van der Waals surface area contributed by atoms with Crippen LogP contribution in [0.4, 0.5) is 13.2 Å². The van der Waals surface area contributed by atoms with E-state index in [2.05, 4.69) is 4.72 Å². The number of nitrogens with zero attached hydrogens (tertiary/aromatic N) is 2. The van der Waals surface area contributed by atoms with E-state index in [4.69, 9.17) is 0 Å². The van der Waals surface area contributed by atoms with Gasteiger partial charge in [0.05, 0.1) is 17.2 Å². The summed E-state index contributed by atoms with van der Waals surface area (Å²) >= 11 is -1.51. The van der Waals surface area contributed by atoms with Gasteiger partial charge < -0.3 is 9.45 Å². The molecular formula is C29H32F3N3O4S. The molecule has 3 aliphatic heterocycles. The summed E-state index contributed by atoms with van der Waals surface area (Å²) in [6.07, 6.45) is 2.49. The first-order valence-electron chi connectivity index (χ1n) is 13.4. The van der Waals surface area contributed by atoms with Crippen molar-refractivity contribution in [1.29, 1.82) is 0 Å². The van der Waals surface area contributed by atoms with E-state index in [0.717, 1.165) is 23.8 Å². The van der Waals surface area contributed by atoms with E-state index in [9.17, 15) is 32.1 Å². The van der Waals surface area contributed by atoms with Gasteiger partial charge in [0.25, 0.3) is 11.8 Å². The summed E-state index contributed by atoms with van der Waals surface area (Å²) in [5.74, 6) is -4.71. The predicted octanol–water partition coefficient (Wildman–Crippen LogP) is 4.13. The van der Waals surface area contributed by atoms with Gasteiger partial charge in [-0.25, -0.2) is 13.2 Å². The molecule has 0 saturated carbocycles. The number of piperidine rings is 1. The van der Waals surface area contributed by atoms with Crippen LogP contribution in [0.3, 0.4) is 0 Å². The van der Waals surface area contributed by atoms with Crippen molar-refractivity contribution in [2.24, 2.45) is 5.92 Å². The van der Waals surface area contributed by atoms with Crippen LogP contribution < -0.4 is 4.72 Å². The van der Waals surface area contributed by atoms with Crippen LogP contribution in [0.1, 0.15) is 72.7 Å². The Labute approximate surface area is 234 Å². The molecule has 214 valence electrons. The highest BCUT2D eigenvalue weighted by Gasteiger charge is 2.48. The van der Waals surface area contributed by atoms with Gasteiger partial charge in [0.2, 0.25) is 5.91 Å². The normalized spacial score (nSPS) is 23.9. The van der Waals surface area contributed by atoms with Gasteiger partial charge in [-0.15, -0.1) is 4.72 Å². The molecule has 2 aromatic rings. The Bertz CT molecular complexity index is 1300. The van der Waals surface area contributed by atoms with E-state index in [1.165, 1.54) is 0 Å². The van der Waals surface area contributed by atoms with E-state index in [-0.39, 0.29) is 53.6 Å². The van der Waals surface area contributed by atoms with Gasteiger partial charge in [-0.1, -0.05) is 12.1 Å². The Hall–Kier alpha value is -2.89. The number of carbonyl (C=O) groups is 3. The number of amides is 3. The molecule has 1 N–H and O–H groups in total. The minimum atomic E-state index is -1.51. The minimum absolute atomic E-state index is 0.00204. The fourth-order valence-electron chi connectivity index (χ4n) is 6.13. The lowest BCUT2D eigenvalue weighted by Gasteiger charge is -2.42. The molecule has 3 amide bonds. The monoisotopic (exact) mass is 575 g/mol. The summed E-state index contributed by atoms with van der Waals surface area (Å²) < 4.78 is 57.7. The Morgan fingerprint density at radius 3 is 2.10 bits per heavy atom. The minimum Gasteiger partial charge on any atom is -0.598 e. The summed E-state index contributed by atoms with van der Waals surface area (Å²) in [5.41, 5.74) is 0.554. The van der Waals surface area contributed by atoms with Crippen LogP contribution in [0.2, 0.25) is 0 Å². The standard InChI is InChI=1S/C29H32F3N3O4S/c1-29(2,3)40(39)33-25(13-16-12-23(31)24(32)14-22(16)30)17-10-18-8-9-19(11-17)35(18)26(36)15-34-27(37)20-6-4-5-7-21(20)28(34)38/h4-7,12,14,17-19,25,33H,8-11,13,15H2,1-3H3/t17?,18?,19?,25-,40?/m0/s1. The highest BCUT2D eigenvalue weighted by Crippen LogP contribution is 2.41. The Morgan fingerprint density at radius 2 is 1.55 bits per heavy atom. The third kappa shape index (κ3) is 5.38. The molecule has 2 saturated heterocycles. The second-order valence-corrected chi connectivity index (χ2v) is 13.8. The average Bonchev–Trinajstić information content (AvgIpc) is 3.30. The zero-order valence-corrected chi connectivity index (χ0v) is 23.4. The number of benzene rings is 2. The third-order valence-corrected chi connectivity index (χ3v) is 9.77. The van der Waals surface area contributed by atoms with Gasteiger partial charge in [-0.2, -0.15) is 0 Å². The molecule has 4 atom stereocenters. The second kappa shape index (κ2) is 10.8. The molecule has 11 heteroatoms. The third-order valence-electron chi connectivity index (χ3n) is 8.14. The summed E-state index contributed by atoms with van der Waals surface area (Å²) in [6.45, 7) is 5.06. The zero-order chi connectivity index (χ0) is 28.9. The molecular weight excluding hydrogens is 543 g/mol. The van der Waals surface area contributed by atoms with Gasteiger partial charge in [0.1, 0.15) is 17.1 Å². The van der Waals surface area contributed by atoms with Gasteiger partial charge in [-0.05, 0) is 82.6 Å². The molecule has 2 bridgehead atoms. The van der Waals surface area contributed by atoms with Crippen molar-refractivity contribution in [1.82, 2.24) is 14.5 Å². The average molecular weight is 576 g/mol. The lowest BCUT2D eigenvalue weighted by Crippen LogP contribution is -2.55. The molecule has 2 aromatic carbocycles. The van der Waals surface area contributed by atoms with Gasteiger partial charge in [0.15, 0.2) is 11.6 Å². The van der Waals surface area contributed by atoms with Crippen LogP contribution >= 0.6 is 0 Å². The van der Waals surface area contributed by atoms with E-state index in [0.29, 0.717) is 18.9 Å². The summed E-state index contributed by atoms with van der Waals surface area (Å²) in [4.78, 5) is 41.8. The Balaban J connectivity index is 1.32. The number of hydrogen-bond acceptors (Lipinski definition) is 5. The number of fused-ring (bicyclic) bond motifs is 3. The van der Waals surface area contributed by atoms with Crippen molar-refractivity contribution in [3.63, 3.8) is 0 Å². The van der Waals surface area contributed by atoms with Crippen molar-refractivity contribution in [3.05, 3.63) is 70.5 Å². The summed E-state index contributed by atoms with van der Waals surface area (Å²) in [6, 6.07) is 6.98. The predicted molar refractivity (Wildman–Crippen MR) is 143 cm³/mol.